The Hall–Kier alpha value is -1.35. The molecule has 0 aliphatic carbocycles. The van der Waals surface area contributed by atoms with E-state index >= 15 is 0 Å². The molecule has 0 bridgehead atoms. The molecule has 1 heterocycles. The summed E-state index contributed by atoms with van der Waals surface area (Å²) >= 11 is 0. The molecule has 20 heavy (non-hydrogen) atoms. The van der Waals surface area contributed by atoms with Crippen LogP contribution in [0.1, 0.15) is 44.7 Å². The van der Waals surface area contributed by atoms with Crippen molar-refractivity contribution >= 4 is 5.91 Å². The third-order valence-electron chi connectivity index (χ3n) is 4.44. The maximum absolute atomic E-state index is 12.6. The lowest BCUT2D eigenvalue weighted by Crippen LogP contribution is -2.40. The van der Waals surface area contributed by atoms with E-state index in [-0.39, 0.29) is 17.9 Å². The summed E-state index contributed by atoms with van der Waals surface area (Å²) in [5.41, 5.74) is 7.30. The minimum absolute atomic E-state index is 0.161. The van der Waals surface area contributed by atoms with E-state index in [1.54, 1.807) is 0 Å². The van der Waals surface area contributed by atoms with Gasteiger partial charge in [-0.15, -0.1) is 0 Å². The molecule has 1 aliphatic rings. The minimum Gasteiger partial charge on any atom is -0.342 e. The van der Waals surface area contributed by atoms with Crippen molar-refractivity contribution in [3.63, 3.8) is 0 Å². The number of carbonyl (C=O) groups is 1. The number of nitrogens with two attached hydrogens (primary N) is 1. The Balaban J connectivity index is 2.01. The largest absolute Gasteiger partial charge is 0.342 e. The van der Waals surface area contributed by atoms with Crippen molar-refractivity contribution in [1.29, 1.82) is 0 Å². The number of amides is 1. The average Bonchev–Trinajstić information content (AvgIpc) is 2.70. The number of hydrogen-bond acceptors (Lipinski definition) is 2. The number of likely N-dealkylation sites (tertiary alicyclic amines) is 1. The van der Waals surface area contributed by atoms with Gasteiger partial charge in [-0.2, -0.15) is 0 Å². The lowest BCUT2D eigenvalue weighted by molar-refractivity contribution is -0.135. The molecule has 1 saturated heterocycles. The van der Waals surface area contributed by atoms with Gasteiger partial charge in [-0.3, -0.25) is 4.79 Å². The van der Waals surface area contributed by atoms with Crippen LogP contribution >= 0.6 is 0 Å². The summed E-state index contributed by atoms with van der Waals surface area (Å²) in [4.78, 5) is 14.6. The van der Waals surface area contributed by atoms with E-state index in [0.717, 1.165) is 37.4 Å². The highest BCUT2D eigenvalue weighted by Crippen LogP contribution is 2.23. The van der Waals surface area contributed by atoms with Crippen LogP contribution in [0.2, 0.25) is 0 Å². The number of rotatable bonds is 3. The first-order chi connectivity index (χ1) is 9.59. The quantitative estimate of drug-likeness (QED) is 0.921. The molecule has 0 saturated carbocycles. The third kappa shape index (κ3) is 3.60. The molecule has 0 spiro atoms. The normalized spacial score (nSPS) is 22.9. The molecule has 0 radical (unpaired) electrons. The van der Waals surface area contributed by atoms with Crippen molar-refractivity contribution in [3.05, 3.63) is 35.9 Å². The van der Waals surface area contributed by atoms with Crippen molar-refractivity contribution in [3.8, 4) is 0 Å². The summed E-state index contributed by atoms with van der Waals surface area (Å²) in [7, 11) is 0. The summed E-state index contributed by atoms with van der Waals surface area (Å²) in [6.45, 7) is 5.99. The summed E-state index contributed by atoms with van der Waals surface area (Å²) in [5.74, 6) is 0.771. The molecular formula is C17H26N2O. The van der Waals surface area contributed by atoms with E-state index in [2.05, 4.69) is 6.92 Å². The fourth-order valence-electron chi connectivity index (χ4n) is 2.89. The Morgan fingerprint density at radius 3 is 2.65 bits per heavy atom. The summed E-state index contributed by atoms with van der Waals surface area (Å²) < 4.78 is 0. The lowest BCUT2D eigenvalue weighted by Gasteiger charge is -2.27. The first kappa shape index (κ1) is 15.0. The van der Waals surface area contributed by atoms with E-state index in [4.69, 9.17) is 5.73 Å². The Bertz CT molecular complexity index is 432. The predicted molar refractivity (Wildman–Crippen MR) is 82.1 cm³/mol. The van der Waals surface area contributed by atoms with Gasteiger partial charge in [0, 0.05) is 19.1 Å². The molecular weight excluding hydrogens is 248 g/mol. The van der Waals surface area contributed by atoms with Gasteiger partial charge in [0.1, 0.15) is 0 Å². The first-order valence-corrected chi connectivity index (χ1v) is 7.69. The molecule has 3 nitrogen and oxygen atoms in total. The van der Waals surface area contributed by atoms with Crippen LogP contribution in [0.3, 0.4) is 0 Å². The molecule has 1 aromatic carbocycles. The van der Waals surface area contributed by atoms with Crippen molar-refractivity contribution in [2.24, 2.45) is 17.6 Å². The van der Waals surface area contributed by atoms with Crippen molar-refractivity contribution in [1.82, 2.24) is 4.90 Å². The Labute approximate surface area is 122 Å². The van der Waals surface area contributed by atoms with Gasteiger partial charge in [-0.1, -0.05) is 44.2 Å². The highest BCUT2D eigenvalue weighted by molar-refractivity contribution is 5.79. The summed E-state index contributed by atoms with van der Waals surface area (Å²) in [6.07, 6.45) is 3.45. The van der Waals surface area contributed by atoms with Gasteiger partial charge >= 0.3 is 0 Å². The lowest BCUT2D eigenvalue weighted by atomic mass is 9.94. The van der Waals surface area contributed by atoms with E-state index in [9.17, 15) is 4.79 Å². The minimum atomic E-state index is -0.218. The van der Waals surface area contributed by atoms with Gasteiger partial charge in [-0.05, 0) is 30.7 Å². The van der Waals surface area contributed by atoms with Crippen LogP contribution in [0.4, 0.5) is 0 Å². The Kier molecular flexibility index (Phi) is 5.18. The molecule has 1 amide bonds. The molecule has 3 heteroatoms. The van der Waals surface area contributed by atoms with Crippen LogP contribution in [-0.2, 0) is 4.79 Å². The van der Waals surface area contributed by atoms with Crippen LogP contribution in [0.25, 0.3) is 0 Å². The van der Waals surface area contributed by atoms with Crippen LogP contribution in [-0.4, -0.2) is 23.9 Å². The Morgan fingerprint density at radius 1 is 1.25 bits per heavy atom. The first-order valence-electron chi connectivity index (χ1n) is 7.69. The smallest absolute Gasteiger partial charge is 0.227 e. The van der Waals surface area contributed by atoms with Crippen LogP contribution in [0.15, 0.2) is 30.3 Å². The average molecular weight is 274 g/mol. The van der Waals surface area contributed by atoms with E-state index in [1.165, 1.54) is 6.42 Å². The number of carbonyl (C=O) groups excluding carboxylic acids is 1. The number of hydrogen-bond donors (Lipinski definition) is 1. The maximum atomic E-state index is 12.6. The van der Waals surface area contributed by atoms with Crippen LogP contribution in [0.5, 0.6) is 0 Å². The molecule has 2 N–H and O–H groups in total. The summed E-state index contributed by atoms with van der Waals surface area (Å²) in [6, 6.07) is 9.70. The van der Waals surface area contributed by atoms with Gasteiger partial charge in [0.2, 0.25) is 5.91 Å². The summed E-state index contributed by atoms with van der Waals surface area (Å²) in [5, 5.41) is 0. The fourth-order valence-corrected chi connectivity index (χ4v) is 2.89. The maximum Gasteiger partial charge on any atom is 0.227 e. The Morgan fingerprint density at radius 2 is 1.95 bits per heavy atom. The third-order valence-corrected chi connectivity index (χ3v) is 4.44. The second-order valence-electron chi connectivity index (χ2n) is 6.09. The van der Waals surface area contributed by atoms with Gasteiger partial charge in [0.15, 0.2) is 0 Å². The topological polar surface area (TPSA) is 46.3 Å². The van der Waals surface area contributed by atoms with E-state index < -0.39 is 0 Å². The number of benzene rings is 1. The monoisotopic (exact) mass is 274 g/mol. The molecule has 110 valence electrons. The SMILES string of the molecule is CC1CCCN(C(=O)C(C)C(N)c2ccccc2)CC1. The van der Waals surface area contributed by atoms with Gasteiger partial charge in [-0.25, -0.2) is 0 Å². The standard InChI is InChI=1S/C17H26N2O/c1-13-7-6-11-19(12-10-13)17(20)14(2)16(18)15-8-4-3-5-9-15/h3-5,8-9,13-14,16H,6-7,10-12,18H2,1-2H3. The zero-order valence-corrected chi connectivity index (χ0v) is 12.6. The molecule has 1 aliphatic heterocycles. The zero-order chi connectivity index (χ0) is 14.5. The molecule has 3 unspecified atom stereocenters. The van der Waals surface area contributed by atoms with Gasteiger partial charge in [0.25, 0.3) is 0 Å². The molecule has 0 aromatic heterocycles. The molecule has 3 atom stereocenters. The highest BCUT2D eigenvalue weighted by Gasteiger charge is 2.27. The van der Waals surface area contributed by atoms with Crippen molar-refractivity contribution in [2.45, 2.75) is 39.2 Å². The number of nitrogens with zero attached hydrogens (tertiary/aromatic N) is 1. The molecule has 1 fully saturated rings. The molecule has 2 rings (SSSR count). The zero-order valence-electron chi connectivity index (χ0n) is 12.6. The predicted octanol–water partition coefficient (Wildman–Crippen LogP) is 2.97. The van der Waals surface area contributed by atoms with Crippen molar-refractivity contribution < 1.29 is 4.79 Å². The van der Waals surface area contributed by atoms with Crippen molar-refractivity contribution in [2.75, 3.05) is 13.1 Å². The van der Waals surface area contributed by atoms with E-state index in [1.807, 2.05) is 42.2 Å². The second-order valence-corrected chi connectivity index (χ2v) is 6.09. The second kappa shape index (κ2) is 6.89. The highest BCUT2D eigenvalue weighted by atomic mass is 16.2. The fraction of sp³-hybridized carbons (Fsp3) is 0.588. The van der Waals surface area contributed by atoms with Crippen LogP contribution in [0, 0.1) is 11.8 Å². The van der Waals surface area contributed by atoms with E-state index in [0.29, 0.717) is 0 Å². The molecule has 1 aromatic rings. The van der Waals surface area contributed by atoms with Crippen LogP contribution < -0.4 is 5.73 Å². The van der Waals surface area contributed by atoms with Gasteiger partial charge < -0.3 is 10.6 Å². The van der Waals surface area contributed by atoms with Gasteiger partial charge in [0.05, 0.1) is 5.92 Å².